The summed E-state index contributed by atoms with van der Waals surface area (Å²) >= 11 is 0. The Morgan fingerprint density at radius 2 is 2.12 bits per heavy atom. The number of carbonyl (C=O) groups excluding carboxylic acids is 1. The number of amides is 1. The van der Waals surface area contributed by atoms with Crippen molar-refractivity contribution < 1.29 is 33.0 Å². The standard InChI is InChI=1S/C8H10F3NO4/c9-8(10,11)5(13)3-12-2-4(7(15)16)1-6(12)14/h4-5,13H,1-3H2,(H,15,16). The number of likely N-dealkylation sites (tertiary alicyclic amines) is 1. The zero-order valence-electron chi connectivity index (χ0n) is 8.07. The first-order valence-electron chi connectivity index (χ1n) is 4.47. The summed E-state index contributed by atoms with van der Waals surface area (Å²) in [5, 5.41) is 17.3. The van der Waals surface area contributed by atoms with E-state index in [4.69, 9.17) is 10.2 Å². The summed E-state index contributed by atoms with van der Waals surface area (Å²) in [5.74, 6) is -2.90. The van der Waals surface area contributed by atoms with Crippen LogP contribution < -0.4 is 0 Å². The number of aliphatic hydroxyl groups is 1. The van der Waals surface area contributed by atoms with Crippen LogP contribution in [0.25, 0.3) is 0 Å². The number of carboxylic acids is 1. The minimum Gasteiger partial charge on any atom is -0.481 e. The molecular formula is C8H10F3NO4. The van der Waals surface area contributed by atoms with E-state index in [-0.39, 0.29) is 13.0 Å². The Labute approximate surface area is 88.5 Å². The maximum absolute atomic E-state index is 12.0. The van der Waals surface area contributed by atoms with E-state index in [0.29, 0.717) is 0 Å². The van der Waals surface area contributed by atoms with Gasteiger partial charge >= 0.3 is 12.1 Å². The van der Waals surface area contributed by atoms with Gasteiger partial charge in [-0.3, -0.25) is 9.59 Å². The van der Waals surface area contributed by atoms with Crippen molar-refractivity contribution in [1.29, 1.82) is 0 Å². The zero-order valence-corrected chi connectivity index (χ0v) is 8.07. The highest BCUT2D eigenvalue weighted by atomic mass is 19.4. The summed E-state index contributed by atoms with van der Waals surface area (Å²) in [7, 11) is 0. The number of β-amino-alcohol motifs (C(OH)–C–C–N with tert-alkyl or cyclic N) is 1. The molecule has 0 bridgehead atoms. The molecule has 8 heteroatoms. The van der Waals surface area contributed by atoms with Gasteiger partial charge in [0.1, 0.15) is 0 Å². The molecule has 5 nitrogen and oxygen atoms in total. The number of carbonyl (C=O) groups is 2. The number of carboxylic acid groups (broad SMARTS) is 1. The van der Waals surface area contributed by atoms with Crippen molar-refractivity contribution in [1.82, 2.24) is 4.90 Å². The Balaban J connectivity index is 2.57. The summed E-state index contributed by atoms with van der Waals surface area (Å²) in [6, 6.07) is 0. The molecule has 0 aliphatic carbocycles. The molecule has 2 atom stereocenters. The topological polar surface area (TPSA) is 77.8 Å². The quantitative estimate of drug-likeness (QED) is 0.719. The van der Waals surface area contributed by atoms with Crippen molar-refractivity contribution in [3.05, 3.63) is 0 Å². The molecule has 1 saturated heterocycles. The molecule has 0 aromatic carbocycles. The Bertz CT molecular complexity index is 304. The van der Waals surface area contributed by atoms with Gasteiger partial charge in [-0.1, -0.05) is 0 Å². The highest BCUT2D eigenvalue weighted by Crippen LogP contribution is 2.24. The number of aliphatic carboxylic acids is 1. The zero-order chi connectivity index (χ0) is 12.5. The summed E-state index contributed by atoms with van der Waals surface area (Å²) in [6.45, 7) is -1.20. The summed E-state index contributed by atoms with van der Waals surface area (Å²) in [4.78, 5) is 22.4. The van der Waals surface area contributed by atoms with Crippen LogP contribution in [0, 0.1) is 5.92 Å². The number of aliphatic hydroxyl groups excluding tert-OH is 1. The molecular weight excluding hydrogens is 231 g/mol. The second-order valence-corrected chi connectivity index (χ2v) is 3.60. The van der Waals surface area contributed by atoms with Crippen LogP contribution in [0.2, 0.25) is 0 Å². The van der Waals surface area contributed by atoms with Gasteiger partial charge in [0.25, 0.3) is 0 Å². The molecule has 0 aromatic rings. The maximum Gasteiger partial charge on any atom is 0.416 e. The molecule has 0 saturated carbocycles. The van der Waals surface area contributed by atoms with Crippen molar-refractivity contribution in [3.8, 4) is 0 Å². The fourth-order valence-corrected chi connectivity index (χ4v) is 1.43. The second-order valence-electron chi connectivity index (χ2n) is 3.60. The van der Waals surface area contributed by atoms with Crippen molar-refractivity contribution in [2.45, 2.75) is 18.7 Å². The van der Waals surface area contributed by atoms with Crippen LogP contribution in [-0.4, -0.2) is 52.4 Å². The lowest BCUT2D eigenvalue weighted by molar-refractivity contribution is -0.207. The first kappa shape index (κ1) is 12.8. The smallest absolute Gasteiger partial charge is 0.416 e. The maximum atomic E-state index is 12.0. The Hall–Kier alpha value is -1.31. The van der Waals surface area contributed by atoms with Crippen LogP contribution >= 0.6 is 0 Å². The van der Waals surface area contributed by atoms with Gasteiger partial charge in [0.05, 0.1) is 12.5 Å². The predicted molar refractivity (Wildman–Crippen MR) is 44.4 cm³/mol. The van der Waals surface area contributed by atoms with Crippen molar-refractivity contribution in [2.24, 2.45) is 5.92 Å². The Morgan fingerprint density at radius 1 is 1.56 bits per heavy atom. The largest absolute Gasteiger partial charge is 0.481 e. The highest BCUT2D eigenvalue weighted by Gasteiger charge is 2.42. The molecule has 2 N–H and O–H groups in total. The Morgan fingerprint density at radius 3 is 2.50 bits per heavy atom. The van der Waals surface area contributed by atoms with Crippen LogP contribution in [0.4, 0.5) is 13.2 Å². The first-order valence-corrected chi connectivity index (χ1v) is 4.47. The van der Waals surface area contributed by atoms with Crippen LogP contribution in [0.5, 0.6) is 0 Å². The van der Waals surface area contributed by atoms with Gasteiger partial charge in [-0.25, -0.2) is 0 Å². The third-order valence-corrected chi connectivity index (χ3v) is 2.33. The van der Waals surface area contributed by atoms with E-state index >= 15 is 0 Å². The molecule has 0 aromatic heterocycles. The number of alkyl halides is 3. The lowest BCUT2D eigenvalue weighted by Gasteiger charge is -2.21. The van der Waals surface area contributed by atoms with E-state index in [9.17, 15) is 22.8 Å². The summed E-state index contributed by atoms with van der Waals surface area (Å²) in [6.07, 6.45) is -7.76. The van der Waals surface area contributed by atoms with Gasteiger partial charge in [0, 0.05) is 13.0 Å². The van der Waals surface area contributed by atoms with E-state index in [1.807, 2.05) is 0 Å². The van der Waals surface area contributed by atoms with Gasteiger partial charge < -0.3 is 15.1 Å². The molecule has 1 rings (SSSR count). The minimum absolute atomic E-state index is 0.290. The van der Waals surface area contributed by atoms with E-state index in [1.54, 1.807) is 0 Å². The van der Waals surface area contributed by atoms with Gasteiger partial charge in [-0.05, 0) is 0 Å². The monoisotopic (exact) mass is 241 g/mol. The van der Waals surface area contributed by atoms with E-state index in [1.165, 1.54) is 0 Å². The van der Waals surface area contributed by atoms with Crippen LogP contribution in [0.1, 0.15) is 6.42 Å². The molecule has 0 radical (unpaired) electrons. The highest BCUT2D eigenvalue weighted by molar-refractivity contribution is 5.86. The molecule has 1 fully saturated rings. The number of nitrogens with zero attached hydrogens (tertiary/aromatic N) is 1. The average Bonchev–Trinajstić information content (AvgIpc) is 2.46. The molecule has 1 aliphatic rings. The lowest BCUT2D eigenvalue weighted by Crippen LogP contribution is -2.41. The fourth-order valence-electron chi connectivity index (χ4n) is 1.43. The molecule has 1 amide bonds. The SMILES string of the molecule is O=C(O)C1CC(=O)N(CC(O)C(F)(F)F)C1. The first-order chi connectivity index (χ1) is 7.21. The van der Waals surface area contributed by atoms with Gasteiger partial charge in [0.15, 0.2) is 6.10 Å². The third-order valence-electron chi connectivity index (χ3n) is 2.33. The molecule has 92 valence electrons. The summed E-state index contributed by atoms with van der Waals surface area (Å²) in [5.41, 5.74) is 0. The summed E-state index contributed by atoms with van der Waals surface area (Å²) < 4.78 is 35.9. The predicted octanol–water partition coefficient (Wildman–Crippen LogP) is -0.157. The molecule has 1 aliphatic heterocycles. The molecule has 16 heavy (non-hydrogen) atoms. The molecule has 0 spiro atoms. The minimum atomic E-state index is -4.80. The number of rotatable bonds is 3. The van der Waals surface area contributed by atoms with Crippen molar-refractivity contribution in [2.75, 3.05) is 13.1 Å². The van der Waals surface area contributed by atoms with E-state index < -0.39 is 36.6 Å². The average molecular weight is 241 g/mol. The molecule has 2 unspecified atom stereocenters. The van der Waals surface area contributed by atoms with Gasteiger partial charge in [-0.2, -0.15) is 13.2 Å². The fraction of sp³-hybridized carbons (Fsp3) is 0.750. The normalized spacial score (nSPS) is 23.6. The van der Waals surface area contributed by atoms with Gasteiger partial charge in [0.2, 0.25) is 5.91 Å². The van der Waals surface area contributed by atoms with Crippen molar-refractivity contribution >= 4 is 11.9 Å². The van der Waals surface area contributed by atoms with Gasteiger partial charge in [-0.15, -0.1) is 0 Å². The van der Waals surface area contributed by atoms with Crippen LogP contribution in [0.3, 0.4) is 0 Å². The number of halogens is 3. The number of hydrogen-bond acceptors (Lipinski definition) is 3. The Kier molecular flexibility index (Phi) is 3.41. The second kappa shape index (κ2) is 4.28. The van der Waals surface area contributed by atoms with E-state index in [2.05, 4.69) is 0 Å². The number of hydrogen-bond donors (Lipinski definition) is 2. The molecule has 1 heterocycles. The van der Waals surface area contributed by atoms with Crippen molar-refractivity contribution in [3.63, 3.8) is 0 Å². The van der Waals surface area contributed by atoms with Crippen LogP contribution in [0.15, 0.2) is 0 Å². The lowest BCUT2D eigenvalue weighted by atomic mass is 10.1. The third kappa shape index (κ3) is 2.84. The van der Waals surface area contributed by atoms with Crippen LogP contribution in [-0.2, 0) is 9.59 Å². The van der Waals surface area contributed by atoms with E-state index in [0.717, 1.165) is 4.90 Å².